The Balaban J connectivity index is 1.61. The number of hydrogen-bond acceptors (Lipinski definition) is 3. The van der Waals surface area contributed by atoms with Crippen LogP contribution >= 0.6 is 0 Å². The van der Waals surface area contributed by atoms with E-state index in [1.165, 1.54) is 18.7 Å². The molecule has 0 amide bonds. The molecule has 0 saturated heterocycles. The van der Waals surface area contributed by atoms with Gasteiger partial charge in [0, 0.05) is 17.8 Å². The van der Waals surface area contributed by atoms with Gasteiger partial charge in [-0.2, -0.15) is 22.7 Å². The number of rotatable bonds is 4. The fourth-order valence-corrected chi connectivity index (χ4v) is 2.61. The van der Waals surface area contributed by atoms with Crippen molar-refractivity contribution in [2.45, 2.75) is 18.6 Å². The summed E-state index contributed by atoms with van der Waals surface area (Å²) in [6.07, 6.45) is 6.01. The molecule has 1 atom stereocenters. The highest BCUT2D eigenvalue weighted by Crippen LogP contribution is 2.30. The number of H-pyrrole nitrogens is 2. The molecule has 1 aliphatic heterocycles. The smallest absolute Gasteiger partial charge is 0.346 e. The van der Waals surface area contributed by atoms with Crippen LogP contribution in [0.15, 0.2) is 24.8 Å². The Morgan fingerprint density at radius 2 is 2.12 bits per heavy atom. The zero-order valence-corrected chi connectivity index (χ0v) is 12.1. The molecule has 4 rings (SSSR count). The second-order valence-corrected chi connectivity index (χ2v) is 5.30. The van der Waals surface area contributed by atoms with Crippen molar-refractivity contribution >= 4 is 22.8 Å². The molecule has 0 saturated carbocycles. The van der Waals surface area contributed by atoms with Gasteiger partial charge in [0.15, 0.2) is 12.4 Å². The van der Waals surface area contributed by atoms with Crippen molar-refractivity contribution in [3.8, 4) is 0 Å². The van der Waals surface area contributed by atoms with Crippen molar-refractivity contribution in [2.75, 3.05) is 0 Å². The van der Waals surface area contributed by atoms with E-state index in [1.807, 2.05) is 0 Å². The second kappa shape index (κ2) is 5.19. The Bertz CT molecular complexity index is 936. The summed E-state index contributed by atoms with van der Waals surface area (Å²) in [4.78, 5) is 17.4. The van der Waals surface area contributed by atoms with Gasteiger partial charge in [0.2, 0.25) is 0 Å². The number of alkyl halides is 3. The molecule has 24 heavy (non-hydrogen) atoms. The summed E-state index contributed by atoms with van der Waals surface area (Å²) in [5.41, 5.74) is 1.86. The van der Waals surface area contributed by atoms with Gasteiger partial charge in [-0.25, -0.2) is 9.97 Å². The van der Waals surface area contributed by atoms with E-state index in [2.05, 4.69) is 37.3 Å². The minimum Gasteiger partial charge on any atom is -0.346 e. The Morgan fingerprint density at radius 3 is 2.83 bits per heavy atom. The van der Waals surface area contributed by atoms with E-state index in [0.717, 1.165) is 9.96 Å². The van der Waals surface area contributed by atoms with Crippen molar-refractivity contribution in [3.63, 3.8) is 0 Å². The highest BCUT2D eigenvalue weighted by atomic mass is 19.4. The molecule has 9 heteroatoms. The zero-order chi connectivity index (χ0) is 16.7. The number of aromatic nitrogens is 5. The summed E-state index contributed by atoms with van der Waals surface area (Å²) in [7, 11) is 0. The highest BCUT2D eigenvalue weighted by Gasteiger charge is 2.50. The van der Waals surface area contributed by atoms with Crippen LogP contribution in [-0.4, -0.2) is 47.9 Å². The van der Waals surface area contributed by atoms with Gasteiger partial charge in [0.25, 0.3) is 6.04 Å². The fraction of sp³-hybridized carbons (Fsp3) is 0.200. The van der Waals surface area contributed by atoms with Crippen LogP contribution in [0.4, 0.5) is 13.2 Å². The molecule has 3 aromatic rings. The molecule has 0 spiro atoms. The van der Waals surface area contributed by atoms with Gasteiger partial charge in [-0.15, -0.1) is 0 Å². The van der Waals surface area contributed by atoms with Gasteiger partial charge < -0.3 is 9.97 Å². The van der Waals surface area contributed by atoms with Crippen LogP contribution in [0.2, 0.25) is 0 Å². The van der Waals surface area contributed by atoms with Crippen molar-refractivity contribution in [1.82, 2.24) is 24.9 Å². The average molecular weight is 331 g/mol. The second-order valence-electron chi connectivity index (χ2n) is 5.30. The van der Waals surface area contributed by atoms with Crippen LogP contribution < -0.4 is 0 Å². The highest BCUT2D eigenvalue weighted by molar-refractivity contribution is 6.13. The summed E-state index contributed by atoms with van der Waals surface area (Å²) < 4.78 is 41.1. The minimum atomic E-state index is -4.40. The van der Waals surface area contributed by atoms with Gasteiger partial charge >= 0.3 is 6.18 Å². The van der Waals surface area contributed by atoms with E-state index >= 15 is 0 Å². The maximum atomic E-state index is 13.3. The van der Waals surface area contributed by atoms with Gasteiger partial charge in [0.05, 0.1) is 18.3 Å². The summed E-state index contributed by atoms with van der Waals surface area (Å²) in [5.74, 6) is 0.183. The lowest BCUT2D eigenvalue weighted by atomic mass is 10.1. The predicted molar refractivity (Wildman–Crippen MR) is 78.0 cm³/mol. The molecular weight excluding hydrogens is 321 g/mol. The summed E-state index contributed by atoms with van der Waals surface area (Å²) in [6.45, 7) is 0. The van der Waals surface area contributed by atoms with E-state index in [1.54, 1.807) is 12.3 Å². The lowest BCUT2D eigenvalue weighted by Gasteiger charge is -2.19. The van der Waals surface area contributed by atoms with E-state index < -0.39 is 12.2 Å². The van der Waals surface area contributed by atoms with Gasteiger partial charge in [0.1, 0.15) is 23.4 Å². The largest absolute Gasteiger partial charge is 0.452 e. The third kappa shape index (κ3) is 2.42. The molecule has 0 aromatic carbocycles. The van der Waals surface area contributed by atoms with Gasteiger partial charge in [-0.05, 0) is 6.07 Å². The Labute approximate surface area is 133 Å². The van der Waals surface area contributed by atoms with E-state index in [-0.39, 0.29) is 12.2 Å². The predicted octanol–water partition coefficient (Wildman–Crippen LogP) is 1.89. The van der Waals surface area contributed by atoms with Gasteiger partial charge in [-0.3, -0.25) is 0 Å². The maximum absolute atomic E-state index is 13.3. The molecule has 0 radical (unpaired) electrons. The van der Waals surface area contributed by atoms with Crippen LogP contribution in [0.1, 0.15) is 11.5 Å². The van der Waals surface area contributed by atoms with Crippen LogP contribution in [0.3, 0.4) is 0 Å². The molecule has 3 aromatic heterocycles. The minimum absolute atomic E-state index is 0.183. The molecule has 2 N–H and O–H groups in total. The fourth-order valence-electron chi connectivity index (χ4n) is 2.61. The quantitative estimate of drug-likeness (QED) is 0.717. The lowest BCUT2D eigenvalue weighted by molar-refractivity contribution is -0.545. The molecule has 6 nitrogen and oxygen atoms in total. The molecule has 4 heterocycles. The third-order valence-corrected chi connectivity index (χ3v) is 3.78. The molecule has 0 fully saturated rings. The van der Waals surface area contributed by atoms with Crippen LogP contribution in [0, 0.1) is 12.4 Å². The topological polar surface area (TPSA) is 73.3 Å². The Kier molecular flexibility index (Phi) is 3.13. The van der Waals surface area contributed by atoms with Crippen LogP contribution in [0.25, 0.3) is 16.6 Å². The zero-order valence-electron chi connectivity index (χ0n) is 12.1. The summed E-state index contributed by atoms with van der Waals surface area (Å²) >= 11 is 0. The Hall–Kier alpha value is -3.15. The van der Waals surface area contributed by atoms with Crippen molar-refractivity contribution < 1.29 is 17.7 Å². The first kappa shape index (κ1) is 14.4. The maximum Gasteiger partial charge on any atom is 0.452 e. The van der Waals surface area contributed by atoms with E-state index in [0.29, 0.717) is 16.9 Å². The first-order chi connectivity index (χ1) is 11.5. The number of nitrogens with one attached hydrogen (secondary N) is 2. The number of halogens is 3. The number of fused-ring (bicyclic) bond motifs is 1. The Morgan fingerprint density at radius 1 is 1.29 bits per heavy atom. The third-order valence-electron chi connectivity index (χ3n) is 3.78. The molecule has 0 bridgehead atoms. The van der Waals surface area contributed by atoms with Crippen molar-refractivity contribution in [3.05, 3.63) is 48.7 Å². The molecule has 1 unspecified atom stereocenters. The SMILES string of the molecule is FC(F)(F)C(Cc1nc#c[nH]1)[N+]1=CC(c2ncnc3[nH]ccc23)=C1. The van der Waals surface area contributed by atoms with E-state index in [4.69, 9.17) is 0 Å². The summed E-state index contributed by atoms with van der Waals surface area (Å²) in [5, 5.41) is 0.762. The first-order valence-corrected chi connectivity index (χ1v) is 7.04. The van der Waals surface area contributed by atoms with Crippen molar-refractivity contribution in [2.24, 2.45) is 0 Å². The number of allylic oxidation sites excluding steroid dienone is 1. The van der Waals surface area contributed by atoms with E-state index in [9.17, 15) is 13.2 Å². The average Bonchev–Trinajstić information content (AvgIpc) is 3.14. The molecule has 1 aliphatic rings. The number of nitrogens with zero attached hydrogens (tertiary/aromatic N) is 4. The molecule has 0 aliphatic carbocycles. The first-order valence-electron chi connectivity index (χ1n) is 7.04. The lowest BCUT2D eigenvalue weighted by Crippen LogP contribution is -2.42. The van der Waals surface area contributed by atoms with Crippen molar-refractivity contribution in [1.29, 1.82) is 0 Å². The van der Waals surface area contributed by atoms with Crippen LogP contribution in [-0.2, 0) is 6.42 Å². The number of aromatic amines is 2. The summed E-state index contributed by atoms with van der Waals surface area (Å²) in [6, 6.07) is 0.0790. The molecule has 120 valence electrons. The van der Waals surface area contributed by atoms with Gasteiger partial charge in [-0.1, -0.05) is 0 Å². The monoisotopic (exact) mass is 331 g/mol. The number of hydrogen-bond donors (Lipinski definition) is 2. The van der Waals surface area contributed by atoms with Crippen LogP contribution in [0.5, 0.6) is 0 Å². The normalized spacial score (nSPS) is 15.5. The standard InChI is InChI=1S/C15H10F3N6/c16-15(17,18)11(5-12-19-3-4-20-12)24-6-9(7-24)13-10-1-2-21-14(10)23-8-22-13/h1-2,6-8,11H,5H2,(H,19,20)(H,21,22,23)/q+1. The molecular formula is C15H10F3N6+.